The Hall–Kier alpha value is -4.14. The van der Waals surface area contributed by atoms with E-state index in [1.807, 2.05) is 36.6 Å². The van der Waals surface area contributed by atoms with Gasteiger partial charge in [0, 0.05) is 34.3 Å². The first kappa shape index (κ1) is 19.8. The molecule has 0 bridgehead atoms. The number of Topliss-reactive ketones (excluding diaryl/α,β-unsaturated/α-hetero) is 1. The molecule has 2 aromatic carbocycles. The zero-order chi connectivity index (χ0) is 22.4. The van der Waals surface area contributed by atoms with Gasteiger partial charge in [0.2, 0.25) is 12.7 Å². The van der Waals surface area contributed by atoms with E-state index in [1.54, 1.807) is 6.07 Å². The van der Waals surface area contributed by atoms with E-state index < -0.39 is 11.6 Å². The Morgan fingerprint density at radius 2 is 1.81 bits per heavy atom. The van der Waals surface area contributed by atoms with E-state index in [4.69, 9.17) is 13.9 Å². The summed E-state index contributed by atoms with van der Waals surface area (Å²) in [6.45, 7) is 3.62. The summed E-state index contributed by atoms with van der Waals surface area (Å²) in [5.41, 5.74) is 3.32. The normalized spacial score (nSPS) is 12.3. The Kier molecular flexibility index (Phi) is 4.66. The fourth-order valence-electron chi connectivity index (χ4n) is 3.80. The van der Waals surface area contributed by atoms with Crippen LogP contribution in [0.2, 0.25) is 0 Å². The number of fused-ring (bicyclic) bond motifs is 1. The summed E-state index contributed by atoms with van der Waals surface area (Å²) in [6, 6.07) is 12.7. The zero-order valence-corrected chi connectivity index (χ0v) is 17.3. The van der Waals surface area contributed by atoms with Crippen molar-refractivity contribution in [2.45, 2.75) is 20.4 Å². The number of ketones is 1. The molecule has 2 aromatic heterocycles. The average molecular weight is 435 g/mol. The Morgan fingerprint density at radius 1 is 1.06 bits per heavy atom. The van der Waals surface area contributed by atoms with Crippen LogP contribution in [0, 0.1) is 19.7 Å². The monoisotopic (exact) mass is 435 g/mol. The van der Waals surface area contributed by atoms with E-state index in [1.165, 1.54) is 24.3 Å². The van der Waals surface area contributed by atoms with Gasteiger partial charge in [-0.2, -0.15) is 4.68 Å². The Labute approximate surface area is 181 Å². The molecule has 0 fully saturated rings. The van der Waals surface area contributed by atoms with Crippen LogP contribution in [0.1, 0.15) is 21.7 Å². The van der Waals surface area contributed by atoms with Crippen LogP contribution in [0.5, 0.6) is 11.5 Å². The molecule has 1 aliphatic rings. The van der Waals surface area contributed by atoms with Crippen LogP contribution in [0.3, 0.4) is 0 Å². The molecule has 0 spiro atoms. The van der Waals surface area contributed by atoms with Gasteiger partial charge in [0.25, 0.3) is 0 Å². The van der Waals surface area contributed by atoms with E-state index >= 15 is 0 Å². The molecule has 1 aliphatic heterocycles. The SMILES string of the molecule is Cc1cc(C(=O)Cn2nc(-c3ccc(F)cc3)oc2=O)c(C)n1-c1ccc2c(c1)OCO2. The summed E-state index contributed by atoms with van der Waals surface area (Å²) in [4.78, 5) is 25.2. The minimum atomic E-state index is -0.762. The molecule has 9 heteroatoms. The first-order chi connectivity index (χ1) is 15.4. The molecule has 0 radical (unpaired) electrons. The van der Waals surface area contributed by atoms with E-state index in [-0.39, 0.29) is 25.0 Å². The lowest BCUT2D eigenvalue weighted by molar-refractivity contribution is 0.0964. The molecule has 8 nitrogen and oxygen atoms in total. The van der Waals surface area contributed by atoms with Crippen LogP contribution in [0.15, 0.2) is 57.7 Å². The second-order valence-electron chi connectivity index (χ2n) is 7.42. The molecule has 5 rings (SSSR count). The predicted molar refractivity (Wildman–Crippen MR) is 112 cm³/mol. The summed E-state index contributed by atoms with van der Waals surface area (Å²) < 4.78 is 32.0. The number of carbonyl (C=O) groups excluding carboxylic acids is 1. The molecular formula is C23H18FN3O5. The topological polar surface area (TPSA) is 88.5 Å². The maximum absolute atomic E-state index is 13.1. The Balaban J connectivity index is 1.43. The number of hydrogen-bond donors (Lipinski definition) is 0. The van der Waals surface area contributed by atoms with Gasteiger partial charge in [-0.05, 0) is 56.3 Å². The number of hydrogen-bond acceptors (Lipinski definition) is 6. The van der Waals surface area contributed by atoms with Gasteiger partial charge in [0.15, 0.2) is 17.3 Å². The van der Waals surface area contributed by atoms with Crippen molar-refractivity contribution in [1.29, 1.82) is 0 Å². The molecule has 0 saturated heterocycles. The van der Waals surface area contributed by atoms with Crippen LogP contribution >= 0.6 is 0 Å². The highest BCUT2D eigenvalue weighted by atomic mass is 19.1. The van der Waals surface area contributed by atoms with E-state index in [0.29, 0.717) is 22.6 Å². The van der Waals surface area contributed by atoms with E-state index in [9.17, 15) is 14.0 Å². The van der Waals surface area contributed by atoms with Gasteiger partial charge >= 0.3 is 5.76 Å². The molecule has 0 atom stereocenters. The average Bonchev–Trinajstić information content (AvgIpc) is 3.46. The van der Waals surface area contributed by atoms with Crippen LogP contribution in [0.4, 0.5) is 4.39 Å². The van der Waals surface area contributed by atoms with Gasteiger partial charge in [-0.15, -0.1) is 5.10 Å². The Morgan fingerprint density at radius 3 is 2.59 bits per heavy atom. The van der Waals surface area contributed by atoms with Gasteiger partial charge in [0.05, 0.1) is 0 Å². The molecule has 162 valence electrons. The molecule has 0 unspecified atom stereocenters. The number of rotatable bonds is 5. The van der Waals surface area contributed by atoms with Crippen molar-refractivity contribution in [3.05, 3.63) is 81.9 Å². The molecule has 32 heavy (non-hydrogen) atoms. The van der Waals surface area contributed by atoms with Crippen molar-refractivity contribution < 1.29 is 23.1 Å². The molecule has 4 aromatic rings. The first-order valence-corrected chi connectivity index (χ1v) is 9.87. The van der Waals surface area contributed by atoms with E-state index in [2.05, 4.69) is 5.10 Å². The number of benzene rings is 2. The molecule has 0 N–H and O–H groups in total. The van der Waals surface area contributed by atoms with E-state index in [0.717, 1.165) is 21.8 Å². The van der Waals surface area contributed by atoms with Gasteiger partial charge in [-0.1, -0.05) is 0 Å². The lowest BCUT2D eigenvalue weighted by Crippen LogP contribution is -2.21. The second kappa shape index (κ2) is 7.52. The largest absolute Gasteiger partial charge is 0.454 e. The van der Waals surface area contributed by atoms with Gasteiger partial charge < -0.3 is 18.5 Å². The number of aromatic nitrogens is 3. The first-order valence-electron chi connectivity index (χ1n) is 9.87. The highest BCUT2D eigenvalue weighted by Crippen LogP contribution is 2.35. The smallest absolute Gasteiger partial charge is 0.437 e. The number of halogens is 1. The van der Waals surface area contributed by atoms with Crippen LogP contribution in [-0.2, 0) is 6.54 Å². The number of ether oxygens (including phenoxy) is 2. The highest BCUT2D eigenvalue weighted by Gasteiger charge is 2.21. The fraction of sp³-hybridized carbons (Fsp3) is 0.174. The minimum absolute atomic E-state index is 0.0219. The van der Waals surface area contributed by atoms with Crippen LogP contribution in [0.25, 0.3) is 17.1 Å². The fourth-order valence-corrected chi connectivity index (χ4v) is 3.80. The predicted octanol–water partition coefficient (Wildman–Crippen LogP) is 3.66. The number of nitrogens with zero attached hydrogens (tertiary/aromatic N) is 3. The van der Waals surface area contributed by atoms with Gasteiger partial charge in [-0.3, -0.25) is 4.79 Å². The standard InChI is InChI=1S/C23H18FN3O5/c1-13-9-18(14(2)27(13)17-7-8-20-21(10-17)31-12-30-20)19(28)11-26-23(29)32-22(25-26)15-3-5-16(24)6-4-15/h3-10H,11-12H2,1-2H3. The van der Waals surface area contributed by atoms with Crippen LogP contribution < -0.4 is 15.2 Å². The lowest BCUT2D eigenvalue weighted by Gasteiger charge is -2.10. The third-order valence-corrected chi connectivity index (χ3v) is 5.34. The molecule has 3 heterocycles. The quantitative estimate of drug-likeness (QED) is 0.445. The molecular weight excluding hydrogens is 417 g/mol. The van der Waals surface area contributed by atoms with Crippen molar-refractivity contribution in [2.24, 2.45) is 0 Å². The minimum Gasteiger partial charge on any atom is -0.454 e. The third-order valence-electron chi connectivity index (χ3n) is 5.34. The van der Waals surface area contributed by atoms with Gasteiger partial charge in [0.1, 0.15) is 12.4 Å². The summed E-state index contributed by atoms with van der Waals surface area (Å²) in [7, 11) is 0. The molecule has 0 saturated carbocycles. The van der Waals surface area contributed by atoms with Gasteiger partial charge in [-0.25, -0.2) is 9.18 Å². The highest BCUT2D eigenvalue weighted by molar-refractivity contribution is 5.97. The summed E-state index contributed by atoms with van der Waals surface area (Å²) in [5.74, 6) is -0.120. The number of carbonyl (C=O) groups is 1. The van der Waals surface area contributed by atoms with Crippen LogP contribution in [-0.4, -0.2) is 26.9 Å². The lowest BCUT2D eigenvalue weighted by atomic mass is 10.1. The van der Waals surface area contributed by atoms with Crippen molar-refractivity contribution in [3.8, 4) is 28.6 Å². The van der Waals surface area contributed by atoms with Crippen molar-refractivity contribution in [1.82, 2.24) is 14.3 Å². The maximum atomic E-state index is 13.1. The van der Waals surface area contributed by atoms with Crippen molar-refractivity contribution in [3.63, 3.8) is 0 Å². The molecule has 0 aliphatic carbocycles. The molecule has 0 amide bonds. The van der Waals surface area contributed by atoms with Crippen molar-refractivity contribution >= 4 is 5.78 Å². The summed E-state index contributed by atoms with van der Waals surface area (Å²) in [5, 5.41) is 4.09. The Bertz CT molecular complexity index is 1400. The summed E-state index contributed by atoms with van der Waals surface area (Å²) in [6.07, 6.45) is 0. The second-order valence-corrected chi connectivity index (χ2v) is 7.42. The third kappa shape index (κ3) is 3.37. The number of aryl methyl sites for hydroxylation is 1. The summed E-state index contributed by atoms with van der Waals surface area (Å²) >= 11 is 0. The van der Waals surface area contributed by atoms with Crippen molar-refractivity contribution in [2.75, 3.05) is 6.79 Å². The maximum Gasteiger partial charge on any atom is 0.437 e. The zero-order valence-electron chi connectivity index (χ0n) is 17.3.